The molecule has 1 aromatic rings. The van der Waals surface area contributed by atoms with Gasteiger partial charge in [-0.05, 0) is 62.6 Å². The molecule has 3 aliphatic rings. The summed E-state index contributed by atoms with van der Waals surface area (Å²) < 4.78 is 44.5. The molecular weight excluding hydrogens is 411 g/mol. The van der Waals surface area contributed by atoms with Crippen LogP contribution >= 0.6 is 0 Å². The van der Waals surface area contributed by atoms with Gasteiger partial charge in [-0.3, -0.25) is 4.90 Å². The Balaban J connectivity index is 1.24. The largest absolute Gasteiger partial charge is 0.490 e. The minimum absolute atomic E-state index is 0.0401. The topological polar surface area (TPSA) is 87.2 Å². The van der Waals surface area contributed by atoms with Gasteiger partial charge in [0.25, 0.3) is 0 Å². The van der Waals surface area contributed by atoms with Crippen LogP contribution in [0.4, 0.5) is 9.18 Å². The molecule has 1 amide bonds. The molecule has 0 radical (unpaired) electrons. The van der Waals surface area contributed by atoms with Crippen molar-refractivity contribution in [2.45, 2.75) is 54.7 Å². The van der Waals surface area contributed by atoms with Gasteiger partial charge < -0.3 is 14.7 Å². The summed E-state index contributed by atoms with van der Waals surface area (Å²) in [6.45, 7) is 3.10. The molecule has 2 aliphatic carbocycles. The summed E-state index contributed by atoms with van der Waals surface area (Å²) in [6, 6.07) is 4.43. The number of carboxylic acid groups (broad SMARTS) is 1. The monoisotopic (exact) mass is 440 g/mol. The zero-order valence-corrected chi connectivity index (χ0v) is 17.8. The fourth-order valence-corrected chi connectivity index (χ4v) is 6.18. The Labute approximate surface area is 176 Å². The van der Waals surface area contributed by atoms with Crippen LogP contribution in [-0.4, -0.2) is 73.5 Å². The standard InChI is InChI=1S/C21H29FN2O5S/c22-19-13-18(30(27,28)17-5-6-17)7-8-20(19)29-14-15-1-3-16(4-2-15)23-9-11-24(12-10-23)21(25)26/h7-8,13,15-17H,1-6,9-12,14H2,(H,25,26)/t15-,16-. The number of piperazine rings is 1. The molecule has 1 saturated heterocycles. The number of hydrogen-bond donors (Lipinski definition) is 1. The first-order valence-corrected chi connectivity index (χ1v) is 12.3. The van der Waals surface area contributed by atoms with Crippen molar-refractivity contribution in [2.75, 3.05) is 32.8 Å². The zero-order valence-electron chi connectivity index (χ0n) is 17.0. The third kappa shape index (κ3) is 4.72. The van der Waals surface area contributed by atoms with Crippen molar-refractivity contribution in [3.05, 3.63) is 24.0 Å². The van der Waals surface area contributed by atoms with Gasteiger partial charge in [0.2, 0.25) is 0 Å². The molecule has 1 aromatic carbocycles. The fraction of sp³-hybridized carbons (Fsp3) is 0.667. The van der Waals surface area contributed by atoms with E-state index < -0.39 is 21.7 Å². The van der Waals surface area contributed by atoms with Crippen LogP contribution in [0.15, 0.2) is 23.1 Å². The summed E-state index contributed by atoms with van der Waals surface area (Å²) in [5, 5.41) is 8.71. The van der Waals surface area contributed by atoms with Crippen molar-refractivity contribution in [1.82, 2.24) is 9.80 Å². The van der Waals surface area contributed by atoms with E-state index in [1.165, 1.54) is 17.0 Å². The van der Waals surface area contributed by atoms with Crippen LogP contribution in [0.25, 0.3) is 0 Å². The summed E-state index contributed by atoms with van der Waals surface area (Å²) in [5.41, 5.74) is 0. The molecule has 7 nitrogen and oxygen atoms in total. The van der Waals surface area contributed by atoms with E-state index in [-0.39, 0.29) is 15.9 Å². The van der Waals surface area contributed by atoms with Crippen molar-refractivity contribution in [1.29, 1.82) is 0 Å². The predicted octanol–water partition coefficient (Wildman–Crippen LogP) is 3.00. The molecule has 1 N–H and O–H groups in total. The molecule has 166 valence electrons. The van der Waals surface area contributed by atoms with E-state index in [4.69, 9.17) is 9.84 Å². The number of carbonyl (C=O) groups is 1. The molecule has 1 heterocycles. The summed E-state index contributed by atoms with van der Waals surface area (Å²) in [5.74, 6) is -0.172. The normalized spacial score (nSPS) is 25.8. The van der Waals surface area contributed by atoms with E-state index in [9.17, 15) is 17.6 Å². The van der Waals surface area contributed by atoms with Crippen molar-refractivity contribution in [3.63, 3.8) is 0 Å². The molecule has 2 saturated carbocycles. The van der Waals surface area contributed by atoms with Gasteiger partial charge in [0.1, 0.15) is 0 Å². The lowest BCUT2D eigenvalue weighted by Crippen LogP contribution is -2.52. The number of nitrogens with zero attached hydrogens (tertiary/aromatic N) is 2. The van der Waals surface area contributed by atoms with Crippen LogP contribution in [0.1, 0.15) is 38.5 Å². The second-order valence-corrected chi connectivity index (χ2v) is 10.9. The van der Waals surface area contributed by atoms with E-state index in [0.29, 0.717) is 44.5 Å². The third-order valence-corrected chi connectivity index (χ3v) is 8.85. The maximum atomic E-state index is 14.4. The first-order valence-electron chi connectivity index (χ1n) is 10.7. The third-order valence-electron chi connectivity index (χ3n) is 6.59. The number of amides is 1. The van der Waals surface area contributed by atoms with Crippen LogP contribution < -0.4 is 4.74 Å². The summed E-state index contributed by atoms with van der Waals surface area (Å²) in [6.07, 6.45) is 4.49. The zero-order chi connectivity index (χ0) is 21.3. The summed E-state index contributed by atoms with van der Waals surface area (Å²) in [7, 11) is -3.40. The molecule has 0 unspecified atom stereocenters. The maximum Gasteiger partial charge on any atom is 0.407 e. The summed E-state index contributed by atoms with van der Waals surface area (Å²) >= 11 is 0. The molecule has 9 heteroatoms. The Morgan fingerprint density at radius 2 is 1.73 bits per heavy atom. The lowest BCUT2D eigenvalue weighted by Gasteiger charge is -2.41. The highest BCUT2D eigenvalue weighted by Gasteiger charge is 2.37. The van der Waals surface area contributed by atoms with Gasteiger partial charge in [0.15, 0.2) is 21.4 Å². The Bertz CT molecular complexity index is 873. The van der Waals surface area contributed by atoms with Gasteiger partial charge in [-0.15, -0.1) is 0 Å². The molecule has 3 fully saturated rings. The lowest BCUT2D eigenvalue weighted by atomic mass is 9.85. The number of hydrogen-bond acceptors (Lipinski definition) is 5. The Morgan fingerprint density at radius 1 is 1.07 bits per heavy atom. The Morgan fingerprint density at radius 3 is 2.30 bits per heavy atom. The van der Waals surface area contributed by atoms with E-state index in [1.807, 2.05) is 0 Å². The van der Waals surface area contributed by atoms with Crippen LogP contribution in [0.5, 0.6) is 5.75 Å². The minimum Gasteiger partial charge on any atom is -0.490 e. The van der Waals surface area contributed by atoms with Crippen LogP contribution in [0, 0.1) is 11.7 Å². The molecule has 0 spiro atoms. The van der Waals surface area contributed by atoms with Gasteiger partial charge in [-0.25, -0.2) is 17.6 Å². The van der Waals surface area contributed by atoms with E-state index >= 15 is 0 Å². The highest BCUT2D eigenvalue weighted by Crippen LogP contribution is 2.35. The van der Waals surface area contributed by atoms with Gasteiger partial charge in [0.05, 0.1) is 16.8 Å². The Kier molecular flexibility index (Phi) is 6.20. The number of sulfone groups is 1. The van der Waals surface area contributed by atoms with Gasteiger partial charge >= 0.3 is 6.09 Å². The first kappa shape index (κ1) is 21.4. The van der Waals surface area contributed by atoms with Gasteiger partial charge in [-0.2, -0.15) is 0 Å². The molecule has 0 atom stereocenters. The highest BCUT2D eigenvalue weighted by molar-refractivity contribution is 7.92. The van der Waals surface area contributed by atoms with Crippen molar-refractivity contribution in [3.8, 4) is 5.75 Å². The SMILES string of the molecule is O=C(O)N1CCN([C@H]2CC[C@H](COc3ccc(S(=O)(=O)C4CC4)cc3F)CC2)CC1. The second-order valence-electron chi connectivity index (χ2n) is 8.63. The summed E-state index contributed by atoms with van der Waals surface area (Å²) in [4.78, 5) is 14.9. The lowest BCUT2D eigenvalue weighted by molar-refractivity contribution is 0.0616. The molecule has 30 heavy (non-hydrogen) atoms. The van der Waals surface area contributed by atoms with Gasteiger partial charge in [-0.1, -0.05) is 0 Å². The first-order chi connectivity index (χ1) is 14.3. The number of rotatable bonds is 6. The average molecular weight is 441 g/mol. The van der Waals surface area contributed by atoms with E-state index in [0.717, 1.165) is 44.8 Å². The predicted molar refractivity (Wildman–Crippen MR) is 109 cm³/mol. The number of halogens is 1. The maximum absolute atomic E-state index is 14.4. The number of ether oxygens (including phenoxy) is 1. The van der Waals surface area contributed by atoms with Crippen LogP contribution in [0.3, 0.4) is 0 Å². The van der Waals surface area contributed by atoms with E-state index in [1.54, 1.807) is 0 Å². The van der Waals surface area contributed by atoms with Crippen molar-refractivity contribution in [2.24, 2.45) is 5.92 Å². The highest BCUT2D eigenvalue weighted by atomic mass is 32.2. The quantitative estimate of drug-likeness (QED) is 0.732. The van der Waals surface area contributed by atoms with Crippen molar-refractivity contribution >= 4 is 15.9 Å². The van der Waals surface area contributed by atoms with E-state index in [2.05, 4.69) is 4.90 Å². The molecule has 0 bridgehead atoms. The minimum atomic E-state index is -3.40. The second kappa shape index (κ2) is 8.70. The van der Waals surface area contributed by atoms with Crippen molar-refractivity contribution < 1.29 is 27.4 Å². The molecule has 0 aromatic heterocycles. The average Bonchev–Trinajstić information content (AvgIpc) is 3.59. The molecule has 4 rings (SSSR count). The molecule has 1 aliphatic heterocycles. The number of benzene rings is 1. The van der Waals surface area contributed by atoms with Gasteiger partial charge in [0, 0.05) is 32.2 Å². The fourth-order valence-electron chi connectivity index (χ4n) is 4.51. The van der Waals surface area contributed by atoms with Crippen LogP contribution in [-0.2, 0) is 9.84 Å². The Hall–Kier alpha value is -1.87. The smallest absolute Gasteiger partial charge is 0.407 e. The molecular formula is C21H29FN2O5S. The van der Waals surface area contributed by atoms with Crippen LogP contribution in [0.2, 0.25) is 0 Å².